The molecule has 0 spiro atoms. The van der Waals surface area contributed by atoms with Crippen LogP contribution in [0.3, 0.4) is 0 Å². The average Bonchev–Trinajstić information content (AvgIpc) is 2.29. The normalized spacial score (nSPS) is 16.3. The molecular weight excluding hydrogens is 231 g/mol. The molecule has 0 saturated heterocycles. The van der Waals surface area contributed by atoms with Crippen LogP contribution in [-0.2, 0) is 6.42 Å². The summed E-state index contributed by atoms with van der Waals surface area (Å²) in [5, 5.41) is 12.3. The molecule has 0 heterocycles. The fraction of sp³-hybridized carbons (Fsp3) is 0.571. The lowest BCUT2D eigenvalue weighted by Crippen LogP contribution is -2.54. The Bertz CT molecular complexity index is 373. The van der Waals surface area contributed by atoms with Crippen molar-refractivity contribution in [2.45, 2.75) is 38.3 Å². The molecule has 0 amide bonds. The number of nitrogens with one attached hydrogen (secondary N) is 1. The van der Waals surface area contributed by atoms with Gasteiger partial charge in [0, 0.05) is 24.7 Å². The number of aliphatic hydroxyl groups is 1. The molecule has 0 radical (unpaired) electrons. The first-order chi connectivity index (χ1) is 8.49. The second-order valence-electron chi connectivity index (χ2n) is 5.13. The molecular formula is C14H23FN2O. The molecule has 18 heavy (non-hydrogen) atoms. The third kappa shape index (κ3) is 4.72. The monoisotopic (exact) mass is 254 g/mol. The van der Waals surface area contributed by atoms with Gasteiger partial charge < -0.3 is 16.2 Å². The summed E-state index contributed by atoms with van der Waals surface area (Å²) in [6, 6.07) is 6.75. The van der Waals surface area contributed by atoms with E-state index in [-0.39, 0.29) is 24.0 Å². The summed E-state index contributed by atoms with van der Waals surface area (Å²) in [5.41, 5.74) is 6.45. The molecule has 4 N–H and O–H groups in total. The second kappa shape index (κ2) is 6.83. The van der Waals surface area contributed by atoms with Gasteiger partial charge >= 0.3 is 0 Å². The van der Waals surface area contributed by atoms with E-state index >= 15 is 0 Å². The lowest BCUT2D eigenvalue weighted by Gasteiger charge is -2.33. The van der Waals surface area contributed by atoms with Gasteiger partial charge in [-0.15, -0.1) is 0 Å². The predicted octanol–water partition coefficient (Wildman–Crippen LogP) is 1.45. The van der Waals surface area contributed by atoms with E-state index in [0.717, 1.165) is 5.56 Å². The van der Waals surface area contributed by atoms with Crippen molar-refractivity contribution in [3.05, 3.63) is 35.6 Å². The van der Waals surface area contributed by atoms with Crippen molar-refractivity contribution in [3.63, 3.8) is 0 Å². The van der Waals surface area contributed by atoms with Crippen molar-refractivity contribution in [1.29, 1.82) is 0 Å². The maximum absolute atomic E-state index is 13.1. The summed E-state index contributed by atoms with van der Waals surface area (Å²) in [4.78, 5) is 0. The first-order valence-corrected chi connectivity index (χ1v) is 6.32. The molecule has 102 valence electrons. The highest BCUT2D eigenvalue weighted by Crippen LogP contribution is 2.15. The van der Waals surface area contributed by atoms with Crippen LogP contribution in [0.1, 0.15) is 25.8 Å². The molecule has 1 aromatic carbocycles. The van der Waals surface area contributed by atoms with E-state index in [4.69, 9.17) is 10.8 Å². The fourth-order valence-corrected chi connectivity index (χ4v) is 2.14. The third-order valence-electron chi connectivity index (χ3n) is 3.09. The van der Waals surface area contributed by atoms with Gasteiger partial charge in [-0.25, -0.2) is 4.39 Å². The van der Waals surface area contributed by atoms with E-state index in [1.165, 1.54) is 12.1 Å². The molecule has 1 rings (SSSR count). The minimum Gasteiger partial charge on any atom is -0.396 e. The van der Waals surface area contributed by atoms with Gasteiger partial charge in [0.05, 0.1) is 0 Å². The number of hydrogen-bond acceptors (Lipinski definition) is 3. The van der Waals surface area contributed by atoms with Crippen LogP contribution in [0, 0.1) is 5.82 Å². The number of aliphatic hydroxyl groups excluding tert-OH is 1. The van der Waals surface area contributed by atoms with Gasteiger partial charge in [0.1, 0.15) is 5.82 Å². The zero-order chi connectivity index (χ0) is 13.6. The third-order valence-corrected chi connectivity index (χ3v) is 3.09. The molecule has 0 fully saturated rings. The highest BCUT2D eigenvalue weighted by Gasteiger charge is 2.24. The van der Waals surface area contributed by atoms with Gasteiger partial charge in [-0.1, -0.05) is 12.1 Å². The van der Waals surface area contributed by atoms with Gasteiger partial charge in [0.15, 0.2) is 0 Å². The van der Waals surface area contributed by atoms with E-state index in [9.17, 15) is 4.39 Å². The van der Waals surface area contributed by atoms with Crippen LogP contribution in [-0.4, -0.2) is 29.8 Å². The Kier molecular flexibility index (Phi) is 5.72. The van der Waals surface area contributed by atoms with Crippen molar-refractivity contribution >= 4 is 0 Å². The van der Waals surface area contributed by atoms with Crippen LogP contribution in [0.15, 0.2) is 24.3 Å². The summed E-state index contributed by atoms with van der Waals surface area (Å²) < 4.78 is 13.1. The Balaban J connectivity index is 2.70. The zero-order valence-corrected chi connectivity index (χ0v) is 11.1. The van der Waals surface area contributed by atoms with Crippen LogP contribution in [0.4, 0.5) is 4.39 Å². The molecule has 4 heteroatoms. The van der Waals surface area contributed by atoms with Crippen LogP contribution < -0.4 is 11.1 Å². The Morgan fingerprint density at radius 3 is 2.78 bits per heavy atom. The molecule has 2 unspecified atom stereocenters. The van der Waals surface area contributed by atoms with Crippen molar-refractivity contribution < 1.29 is 9.50 Å². The van der Waals surface area contributed by atoms with E-state index in [0.29, 0.717) is 19.4 Å². The average molecular weight is 254 g/mol. The second-order valence-corrected chi connectivity index (χ2v) is 5.13. The minimum absolute atomic E-state index is 0.148. The highest BCUT2D eigenvalue weighted by molar-refractivity contribution is 5.19. The van der Waals surface area contributed by atoms with Crippen molar-refractivity contribution in [1.82, 2.24) is 5.32 Å². The van der Waals surface area contributed by atoms with Crippen LogP contribution in [0.25, 0.3) is 0 Å². The van der Waals surface area contributed by atoms with Crippen molar-refractivity contribution in [2.75, 3.05) is 13.2 Å². The number of benzene rings is 1. The summed E-state index contributed by atoms with van der Waals surface area (Å²) in [6.45, 7) is 4.63. The van der Waals surface area contributed by atoms with Crippen LogP contribution >= 0.6 is 0 Å². The lowest BCUT2D eigenvalue weighted by atomic mass is 9.91. The first-order valence-electron chi connectivity index (χ1n) is 6.32. The Morgan fingerprint density at radius 1 is 1.50 bits per heavy atom. The summed E-state index contributed by atoms with van der Waals surface area (Å²) >= 11 is 0. The summed E-state index contributed by atoms with van der Waals surface area (Å²) in [7, 11) is 0. The Morgan fingerprint density at radius 2 is 2.22 bits per heavy atom. The molecule has 0 bridgehead atoms. The molecule has 0 aliphatic heterocycles. The summed E-state index contributed by atoms with van der Waals surface area (Å²) in [5.74, 6) is -0.227. The van der Waals surface area contributed by atoms with Gasteiger partial charge in [0.2, 0.25) is 0 Å². The molecule has 0 aliphatic carbocycles. The highest BCUT2D eigenvalue weighted by atomic mass is 19.1. The number of rotatable bonds is 7. The summed E-state index contributed by atoms with van der Waals surface area (Å²) in [6.07, 6.45) is 1.34. The van der Waals surface area contributed by atoms with Gasteiger partial charge in [-0.3, -0.25) is 0 Å². The molecule has 0 saturated carbocycles. The zero-order valence-electron chi connectivity index (χ0n) is 11.1. The van der Waals surface area contributed by atoms with Crippen LogP contribution in [0.5, 0.6) is 0 Å². The lowest BCUT2D eigenvalue weighted by molar-refractivity contribution is 0.243. The molecule has 0 aliphatic rings. The van der Waals surface area contributed by atoms with E-state index < -0.39 is 0 Å². The van der Waals surface area contributed by atoms with Gasteiger partial charge in [0.25, 0.3) is 0 Å². The minimum atomic E-state index is -0.289. The van der Waals surface area contributed by atoms with Gasteiger partial charge in [-0.2, -0.15) is 0 Å². The maximum atomic E-state index is 13.1. The molecule has 0 aromatic heterocycles. The van der Waals surface area contributed by atoms with E-state index in [2.05, 4.69) is 5.32 Å². The van der Waals surface area contributed by atoms with Crippen molar-refractivity contribution in [2.24, 2.45) is 5.73 Å². The molecule has 1 aromatic rings. The van der Waals surface area contributed by atoms with E-state index in [1.54, 1.807) is 6.07 Å². The number of hydrogen-bond donors (Lipinski definition) is 3. The Hall–Kier alpha value is -0.970. The quantitative estimate of drug-likeness (QED) is 0.690. The topological polar surface area (TPSA) is 58.3 Å². The maximum Gasteiger partial charge on any atom is 0.123 e. The number of nitrogens with two attached hydrogens (primary N) is 1. The molecule has 3 nitrogen and oxygen atoms in total. The van der Waals surface area contributed by atoms with E-state index in [1.807, 2.05) is 19.9 Å². The SMILES string of the molecule is CC(CCO)NC(C)(CN)Cc1cccc(F)c1. The molecule has 2 atom stereocenters. The number of halogens is 1. The van der Waals surface area contributed by atoms with Gasteiger partial charge in [-0.05, 0) is 44.4 Å². The largest absolute Gasteiger partial charge is 0.396 e. The van der Waals surface area contributed by atoms with Crippen molar-refractivity contribution in [3.8, 4) is 0 Å². The van der Waals surface area contributed by atoms with Crippen LogP contribution in [0.2, 0.25) is 0 Å². The predicted molar refractivity (Wildman–Crippen MR) is 71.9 cm³/mol. The standard InChI is InChI=1S/C14H23FN2O/c1-11(6-7-18)17-14(2,10-16)9-12-4-3-5-13(15)8-12/h3-5,8,11,17-18H,6-7,9-10,16H2,1-2H3. The fourth-order valence-electron chi connectivity index (χ4n) is 2.14. The first kappa shape index (κ1) is 15.1. The smallest absolute Gasteiger partial charge is 0.123 e. The Labute approximate surface area is 108 Å².